The number of hydrogen-bond acceptors (Lipinski definition) is 8. The van der Waals surface area contributed by atoms with Gasteiger partial charge in [0, 0.05) is 10.4 Å². The van der Waals surface area contributed by atoms with Gasteiger partial charge in [0.2, 0.25) is 0 Å². The molecular weight excluding hydrogens is 448 g/mol. The molecule has 1 amide bonds. The van der Waals surface area contributed by atoms with Crippen LogP contribution in [0.4, 0.5) is 5.13 Å². The Bertz CT molecular complexity index is 1230. The lowest BCUT2D eigenvalue weighted by atomic mass is 9.99. The van der Waals surface area contributed by atoms with E-state index >= 15 is 0 Å². The highest BCUT2D eigenvalue weighted by Crippen LogP contribution is 2.45. The van der Waals surface area contributed by atoms with Crippen LogP contribution >= 0.6 is 22.7 Å². The van der Waals surface area contributed by atoms with Crippen molar-refractivity contribution in [2.45, 2.75) is 26.8 Å². The fourth-order valence-electron chi connectivity index (χ4n) is 3.48. The van der Waals surface area contributed by atoms with E-state index in [0.29, 0.717) is 16.1 Å². The number of carbonyl (C=O) groups excluding carboxylic acids is 3. The molecule has 7 nitrogen and oxygen atoms in total. The average molecular weight is 469 g/mol. The molecule has 0 spiro atoms. The molecule has 2 aromatic heterocycles. The van der Waals surface area contributed by atoms with E-state index in [2.05, 4.69) is 4.98 Å². The number of rotatable bonds is 5. The third-order valence-electron chi connectivity index (χ3n) is 5.03. The molecule has 4 rings (SSSR count). The van der Waals surface area contributed by atoms with Crippen molar-refractivity contribution in [1.29, 1.82) is 0 Å². The van der Waals surface area contributed by atoms with Gasteiger partial charge in [-0.1, -0.05) is 47.2 Å². The summed E-state index contributed by atoms with van der Waals surface area (Å²) < 4.78 is 5.07. The minimum atomic E-state index is -0.850. The van der Waals surface area contributed by atoms with Crippen LogP contribution in [0.5, 0.6) is 0 Å². The third kappa shape index (κ3) is 3.74. The van der Waals surface area contributed by atoms with Crippen molar-refractivity contribution in [3.8, 4) is 0 Å². The fraction of sp³-hybridized carbons (Fsp3) is 0.217. The predicted molar refractivity (Wildman–Crippen MR) is 123 cm³/mol. The molecule has 0 bridgehead atoms. The van der Waals surface area contributed by atoms with Gasteiger partial charge in [-0.3, -0.25) is 14.5 Å². The Morgan fingerprint density at radius 3 is 2.53 bits per heavy atom. The van der Waals surface area contributed by atoms with Crippen molar-refractivity contribution in [3.63, 3.8) is 0 Å². The Hall–Kier alpha value is -3.30. The van der Waals surface area contributed by atoms with Gasteiger partial charge in [0.1, 0.15) is 16.7 Å². The number of aryl methyl sites for hydroxylation is 2. The van der Waals surface area contributed by atoms with E-state index in [4.69, 9.17) is 4.74 Å². The quantitative estimate of drug-likeness (QED) is 0.254. The number of benzene rings is 1. The molecule has 0 aliphatic carbocycles. The molecule has 0 radical (unpaired) electrons. The van der Waals surface area contributed by atoms with Crippen molar-refractivity contribution in [3.05, 3.63) is 73.9 Å². The van der Waals surface area contributed by atoms with Gasteiger partial charge in [-0.25, -0.2) is 9.78 Å². The maximum atomic E-state index is 13.1. The lowest BCUT2D eigenvalue weighted by Crippen LogP contribution is -2.29. The number of thiazole rings is 1. The summed E-state index contributed by atoms with van der Waals surface area (Å²) in [6.45, 7) is 5.48. The van der Waals surface area contributed by atoms with Crippen LogP contribution in [0.3, 0.4) is 0 Å². The van der Waals surface area contributed by atoms with Crippen LogP contribution < -0.4 is 4.90 Å². The second-order valence-electron chi connectivity index (χ2n) is 7.18. The normalized spacial score (nSPS) is 17.7. The Labute approximate surface area is 192 Å². The van der Waals surface area contributed by atoms with Gasteiger partial charge in [-0.2, -0.15) is 0 Å². The average Bonchev–Trinajstić information content (AvgIpc) is 3.48. The topological polar surface area (TPSA) is 96.8 Å². The zero-order chi connectivity index (χ0) is 23.0. The molecule has 164 valence electrons. The Morgan fingerprint density at radius 1 is 1.19 bits per heavy atom. The monoisotopic (exact) mass is 468 g/mol. The zero-order valence-electron chi connectivity index (χ0n) is 17.6. The van der Waals surface area contributed by atoms with Crippen molar-refractivity contribution in [1.82, 2.24) is 4.98 Å². The predicted octanol–water partition coefficient (Wildman–Crippen LogP) is 4.62. The van der Waals surface area contributed by atoms with Crippen LogP contribution in [0, 0.1) is 13.8 Å². The number of anilines is 1. The van der Waals surface area contributed by atoms with Gasteiger partial charge in [-0.05, 0) is 32.2 Å². The summed E-state index contributed by atoms with van der Waals surface area (Å²) in [6, 6.07) is 9.80. The fourth-order valence-corrected chi connectivity index (χ4v) is 5.30. The number of aliphatic hydroxyl groups excluding tert-OH is 1. The molecule has 32 heavy (non-hydrogen) atoms. The SMILES string of the molecule is CCOC(=O)c1sc(N2C(=O)C(=O)/C(=C(\O)c3ccc(C)cc3)C2c2cccs2)nc1C. The highest BCUT2D eigenvalue weighted by atomic mass is 32.1. The number of ether oxygens (including phenoxy) is 1. The molecular formula is C23H20N2O5S2. The van der Waals surface area contributed by atoms with E-state index in [9.17, 15) is 19.5 Å². The largest absolute Gasteiger partial charge is 0.507 e. The summed E-state index contributed by atoms with van der Waals surface area (Å²) in [4.78, 5) is 45.1. The van der Waals surface area contributed by atoms with Crippen molar-refractivity contribution in [2.24, 2.45) is 0 Å². The number of aliphatic hydroxyl groups is 1. The molecule has 1 unspecified atom stereocenters. The summed E-state index contributed by atoms with van der Waals surface area (Å²) in [6.07, 6.45) is 0. The molecule has 1 aromatic carbocycles. The maximum absolute atomic E-state index is 13.1. The maximum Gasteiger partial charge on any atom is 0.350 e. The van der Waals surface area contributed by atoms with Crippen molar-refractivity contribution in [2.75, 3.05) is 11.5 Å². The van der Waals surface area contributed by atoms with E-state index in [0.717, 1.165) is 16.9 Å². The van der Waals surface area contributed by atoms with Crippen molar-refractivity contribution >= 4 is 51.2 Å². The second-order valence-corrected chi connectivity index (χ2v) is 9.14. The molecule has 1 atom stereocenters. The molecule has 3 heterocycles. The first kappa shape index (κ1) is 21.9. The molecule has 1 aliphatic rings. The van der Waals surface area contributed by atoms with Crippen LogP contribution in [-0.4, -0.2) is 34.4 Å². The number of amides is 1. The number of thiophene rings is 1. The van der Waals surface area contributed by atoms with E-state index in [1.165, 1.54) is 16.2 Å². The van der Waals surface area contributed by atoms with E-state index in [1.54, 1.807) is 32.0 Å². The number of ketones is 1. The number of hydrogen-bond donors (Lipinski definition) is 1. The van der Waals surface area contributed by atoms with E-state index in [-0.39, 0.29) is 27.9 Å². The number of Topliss-reactive ketones (excluding diaryl/α,β-unsaturated/α-hetero) is 1. The zero-order valence-corrected chi connectivity index (χ0v) is 19.3. The Balaban J connectivity index is 1.87. The highest BCUT2D eigenvalue weighted by molar-refractivity contribution is 7.18. The van der Waals surface area contributed by atoms with E-state index < -0.39 is 23.7 Å². The third-order valence-corrected chi connectivity index (χ3v) is 7.10. The number of nitrogens with zero attached hydrogens (tertiary/aromatic N) is 2. The smallest absolute Gasteiger partial charge is 0.350 e. The number of aromatic nitrogens is 1. The molecule has 9 heteroatoms. The first-order valence-electron chi connectivity index (χ1n) is 9.89. The standard InChI is InChI=1S/C23H20N2O5S2/c1-4-30-22(29)20-13(3)24-23(32-20)25-17(15-6-5-11-31-15)16(19(27)21(25)28)18(26)14-9-7-12(2)8-10-14/h5-11,17,26H,4H2,1-3H3/b18-16-. The van der Waals surface area contributed by atoms with Crippen LogP contribution in [0.15, 0.2) is 47.4 Å². The first-order chi connectivity index (χ1) is 15.3. The Morgan fingerprint density at radius 2 is 1.91 bits per heavy atom. The van der Waals surface area contributed by atoms with Crippen LogP contribution in [-0.2, 0) is 14.3 Å². The molecule has 1 saturated heterocycles. The van der Waals surface area contributed by atoms with Gasteiger partial charge in [0.25, 0.3) is 5.78 Å². The summed E-state index contributed by atoms with van der Waals surface area (Å²) in [7, 11) is 0. The summed E-state index contributed by atoms with van der Waals surface area (Å²) in [5, 5.41) is 13.1. The minimum absolute atomic E-state index is 0.00755. The van der Waals surface area contributed by atoms with Gasteiger partial charge in [0.05, 0.1) is 17.9 Å². The van der Waals surface area contributed by atoms with Gasteiger partial charge in [-0.15, -0.1) is 11.3 Å². The lowest BCUT2D eigenvalue weighted by molar-refractivity contribution is -0.132. The van der Waals surface area contributed by atoms with Crippen LogP contribution in [0.1, 0.15) is 44.3 Å². The highest BCUT2D eigenvalue weighted by Gasteiger charge is 2.48. The first-order valence-corrected chi connectivity index (χ1v) is 11.6. The molecule has 0 saturated carbocycles. The molecule has 1 N–H and O–H groups in total. The summed E-state index contributed by atoms with van der Waals surface area (Å²) in [5.41, 5.74) is 1.85. The number of carbonyl (C=O) groups is 3. The van der Waals surface area contributed by atoms with E-state index in [1.807, 2.05) is 30.5 Å². The minimum Gasteiger partial charge on any atom is -0.507 e. The summed E-state index contributed by atoms with van der Waals surface area (Å²) in [5.74, 6) is -2.38. The summed E-state index contributed by atoms with van der Waals surface area (Å²) >= 11 is 2.35. The van der Waals surface area contributed by atoms with Gasteiger partial charge in [0.15, 0.2) is 5.13 Å². The van der Waals surface area contributed by atoms with Crippen LogP contribution in [0.2, 0.25) is 0 Å². The molecule has 3 aromatic rings. The van der Waals surface area contributed by atoms with Crippen LogP contribution in [0.25, 0.3) is 5.76 Å². The second kappa shape index (κ2) is 8.68. The van der Waals surface area contributed by atoms with Crippen molar-refractivity contribution < 1.29 is 24.2 Å². The van der Waals surface area contributed by atoms with Gasteiger partial charge >= 0.3 is 11.9 Å². The lowest BCUT2D eigenvalue weighted by Gasteiger charge is -2.21. The molecule has 1 aliphatic heterocycles. The molecule has 1 fully saturated rings. The van der Waals surface area contributed by atoms with Gasteiger partial charge < -0.3 is 9.84 Å². The Kier molecular flexibility index (Phi) is 5.94. The number of esters is 1.